The molecule has 0 bridgehead atoms. The van der Waals surface area contributed by atoms with Gasteiger partial charge in [-0.25, -0.2) is 4.79 Å². The first kappa shape index (κ1) is 15.3. The maximum Gasteiger partial charge on any atom is 0.322 e. The van der Waals surface area contributed by atoms with Crippen LogP contribution < -0.4 is 10.6 Å². The van der Waals surface area contributed by atoms with E-state index in [-0.39, 0.29) is 12.6 Å². The Kier molecular flexibility index (Phi) is 5.59. The van der Waals surface area contributed by atoms with Crippen molar-refractivity contribution in [2.24, 2.45) is 11.8 Å². The SMILES string of the molecule is CC1CC(C)CN(C(=O)NCC(=O)NCC(=O)O)C1. The Morgan fingerprint density at radius 1 is 1.11 bits per heavy atom. The van der Waals surface area contributed by atoms with Gasteiger partial charge in [0, 0.05) is 13.1 Å². The molecule has 2 unspecified atom stereocenters. The highest BCUT2D eigenvalue weighted by Gasteiger charge is 2.25. The van der Waals surface area contributed by atoms with E-state index in [4.69, 9.17) is 5.11 Å². The van der Waals surface area contributed by atoms with Crippen molar-refractivity contribution >= 4 is 17.9 Å². The van der Waals surface area contributed by atoms with E-state index in [0.717, 1.165) is 6.42 Å². The van der Waals surface area contributed by atoms with Crippen molar-refractivity contribution in [1.29, 1.82) is 0 Å². The summed E-state index contributed by atoms with van der Waals surface area (Å²) >= 11 is 0. The van der Waals surface area contributed by atoms with E-state index in [2.05, 4.69) is 24.5 Å². The molecule has 1 aliphatic heterocycles. The second kappa shape index (κ2) is 6.96. The minimum atomic E-state index is -1.11. The first-order chi connectivity index (χ1) is 8.88. The molecule has 19 heavy (non-hydrogen) atoms. The molecule has 0 aromatic heterocycles. The molecule has 0 aliphatic carbocycles. The highest BCUT2D eigenvalue weighted by atomic mass is 16.4. The number of hydrogen-bond donors (Lipinski definition) is 3. The van der Waals surface area contributed by atoms with Gasteiger partial charge in [-0.1, -0.05) is 13.8 Å². The van der Waals surface area contributed by atoms with Crippen LogP contribution in [0.25, 0.3) is 0 Å². The van der Waals surface area contributed by atoms with Crippen LogP contribution in [0.3, 0.4) is 0 Å². The third-order valence-corrected chi connectivity index (χ3v) is 2.99. The molecule has 1 fully saturated rings. The minimum absolute atomic E-state index is 0.203. The van der Waals surface area contributed by atoms with Gasteiger partial charge in [-0.05, 0) is 18.3 Å². The molecule has 0 spiro atoms. The van der Waals surface area contributed by atoms with Gasteiger partial charge in [0.2, 0.25) is 5.91 Å². The number of urea groups is 1. The maximum absolute atomic E-state index is 11.9. The summed E-state index contributed by atoms with van der Waals surface area (Å²) in [6.07, 6.45) is 1.10. The Labute approximate surface area is 112 Å². The first-order valence-electron chi connectivity index (χ1n) is 6.39. The van der Waals surface area contributed by atoms with Crippen LogP contribution in [0, 0.1) is 11.8 Å². The largest absolute Gasteiger partial charge is 0.480 e. The molecule has 0 aromatic carbocycles. The first-order valence-corrected chi connectivity index (χ1v) is 6.39. The number of carbonyl (C=O) groups excluding carboxylic acids is 2. The Hall–Kier alpha value is -1.79. The zero-order valence-electron chi connectivity index (χ0n) is 11.3. The standard InChI is InChI=1S/C12H21N3O4/c1-8-3-9(2)7-15(6-8)12(19)14-4-10(16)13-5-11(17)18/h8-9H,3-7H2,1-2H3,(H,13,16)(H,14,19)(H,17,18). The van der Waals surface area contributed by atoms with Crippen molar-refractivity contribution in [2.45, 2.75) is 20.3 Å². The summed E-state index contributed by atoms with van der Waals surface area (Å²) < 4.78 is 0. The van der Waals surface area contributed by atoms with E-state index in [9.17, 15) is 14.4 Å². The lowest BCUT2D eigenvalue weighted by Crippen LogP contribution is -2.49. The molecule has 1 rings (SSSR count). The molecule has 108 valence electrons. The molecule has 3 amide bonds. The lowest BCUT2D eigenvalue weighted by atomic mass is 9.92. The Bertz CT molecular complexity index is 349. The van der Waals surface area contributed by atoms with E-state index < -0.39 is 18.4 Å². The van der Waals surface area contributed by atoms with Crippen LogP contribution in [0.1, 0.15) is 20.3 Å². The molecule has 1 heterocycles. The predicted molar refractivity (Wildman–Crippen MR) is 68.6 cm³/mol. The van der Waals surface area contributed by atoms with E-state index in [0.29, 0.717) is 24.9 Å². The molecule has 7 heteroatoms. The van der Waals surface area contributed by atoms with Crippen LogP contribution >= 0.6 is 0 Å². The molecule has 3 N–H and O–H groups in total. The van der Waals surface area contributed by atoms with E-state index in [1.165, 1.54) is 0 Å². The number of carboxylic acids is 1. The summed E-state index contributed by atoms with van der Waals surface area (Å²) in [6, 6.07) is -0.274. The molecule has 2 atom stereocenters. The van der Waals surface area contributed by atoms with Crippen molar-refractivity contribution in [1.82, 2.24) is 15.5 Å². The monoisotopic (exact) mass is 271 g/mol. The zero-order chi connectivity index (χ0) is 14.4. The van der Waals surface area contributed by atoms with Crippen LogP contribution in [-0.4, -0.2) is 54.1 Å². The summed E-state index contributed by atoms with van der Waals surface area (Å²) in [5.41, 5.74) is 0. The lowest BCUT2D eigenvalue weighted by molar-refractivity contribution is -0.137. The summed E-state index contributed by atoms with van der Waals surface area (Å²) in [5.74, 6) is -0.710. The lowest BCUT2D eigenvalue weighted by Gasteiger charge is -2.34. The zero-order valence-corrected chi connectivity index (χ0v) is 11.3. The van der Waals surface area contributed by atoms with Gasteiger partial charge in [-0.2, -0.15) is 0 Å². The molecule has 0 saturated carbocycles. The van der Waals surface area contributed by atoms with Gasteiger partial charge in [0.25, 0.3) is 0 Å². The fraction of sp³-hybridized carbons (Fsp3) is 0.750. The number of piperidine rings is 1. The van der Waals surface area contributed by atoms with Gasteiger partial charge >= 0.3 is 12.0 Å². The van der Waals surface area contributed by atoms with Crippen molar-refractivity contribution in [3.63, 3.8) is 0 Å². The van der Waals surface area contributed by atoms with Gasteiger partial charge in [0.1, 0.15) is 6.54 Å². The number of nitrogens with zero attached hydrogens (tertiary/aromatic N) is 1. The van der Waals surface area contributed by atoms with Crippen LogP contribution in [-0.2, 0) is 9.59 Å². The van der Waals surface area contributed by atoms with Crippen LogP contribution in [0.4, 0.5) is 4.79 Å². The fourth-order valence-electron chi connectivity index (χ4n) is 2.33. The highest BCUT2D eigenvalue weighted by molar-refractivity contribution is 5.86. The normalized spacial score (nSPS) is 22.7. The second-order valence-corrected chi connectivity index (χ2v) is 5.18. The highest BCUT2D eigenvalue weighted by Crippen LogP contribution is 2.20. The molecule has 0 radical (unpaired) electrons. The van der Waals surface area contributed by atoms with Crippen LogP contribution in [0.15, 0.2) is 0 Å². The Balaban J connectivity index is 2.30. The smallest absolute Gasteiger partial charge is 0.322 e. The van der Waals surface area contributed by atoms with Crippen molar-refractivity contribution < 1.29 is 19.5 Å². The number of carbonyl (C=O) groups is 3. The van der Waals surface area contributed by atoms with Crippen LogP contribution in [0.2, 0.25) is 0 Å². The van der Waals surface area contributed by atoms with E-state index >= 15 is 0 Å². The quantitative estimate of drug-likeness (QED) is 0.663. The number of hydrogen-bond acceptors (Lipinski definition) is 3. The average Bonchev–Trinajstić information content (AvgIpc) is 2.32. The van der Waals surface area contributed by atoms with Crippen molar-refractivity contribution in [3.05, 3.63) is 0 Å². The molecule has 1 aliphatic rings. The number of carboxylic acid groups (broad SMARTS) is 1. The molecular weight excluding hydrogens is 250 g/mol. The summed E-state index contributed by atoms with van der Waals surface area (Å²) in [6.45, 7) is 4.92. The number of aliphatic carboxylic acids is 1. The van der Waals surface area contributed by atoms with E-state index in [1.54, 1.807) is 4.90 Å². The minimum Gasteiger partial charge on any atom is -0.480 e. The second-order valence-electron chi connectivity index (χ2n) is 5.18. The molecule has 0 aromatic rings. The topological polar surface area (TPSA) is 98.7 Å². The predicted octanol–water partition coefficient (Wildman–Crippen LogP) is -0.125. The summed E-state index contributed by atoms with van der Waals surface area (Å²) in [7, 11) is 0. The average molecular weight is 271 g/mol. The number of likely N-dealkylation sites (tertiary alicyclic amines) is 1. The Morgan fingerprint density at radius 3 is 2.21 bits per heavy atom. The maximum atomic E-state index is 11.9. The van der Waals surface area contributed by atoms with Gasteiger partial charge < -0.3 is 20.6 Å². The van der Waals surface area contributed by atoms with Crippen molar-refractivity contribution in [2.75, 3.05) is 26.2 Å². The number of amides is 3. The van der Waals surface area contributed by atoms with Crippen molar-refractivity contribution in [3.8, 4) is 0 Å². The van der Waals surface area contributed by atoms with Crippen LogP contribution in [0.5, 0.6) is 0 Å². The van der Waals surface area contributed by atoms with Gasteiger partial charge in [0.15, 0.2) is 0 Å². The fourth-order valence-corrected chi connectivity index (χ4v) is 2.33. The number of nitrogens with one attached hydrogen (secondary N) is 2. The Morgan fingerprint density at radius 2 is 1.68 bits per heavy atom. The summed E-state index contributed by atoms with van der Waals surface area (Å²) in [5, 5.41) is 13.1. The van der Waals surface area contributed by atoms with Gasteiger partial charge in [-0.3, -0.25) is 9.59 Å². The van der Waals surface area contributed by atoms with Gasteiger partial charge in [0.05, 0.1) is 6.54 Å². The molecule has 7 nitrogen and oxygen atoms in total. The summed E-state index contributed by atoms with van der Waals surface area (Å²) in [4.78, 5) is 35.1. The third kappa shape index (κ3) is 5.58. The van der Waals surface area contributed by atoms with Gasteiger partial charge in [-0.15, -0.1) is 0 Å². The molecular formula is C12H21N3O4. The number of rotatable bonds is 4. The molecule has 1 saturated heterocycles. The third-order valence-electron chi connectivity index (χ3n) is 2.99. The van der Waals surface area contributed by atoms with E-state index in [1.807, 2.05) is 0 Å².